The molecule has 0 aliphatic carbocycles. The monoisotopic (exact) mass is 250 g/mol. The van der Waals surface area contributed by atoms with E-state index in [0.717, 1.165) is 51.0 Å². The third kappa shape index (κ3) is 3.08. The Labute approximate surface area is 108 Å². The smallest absolute Gasteiger partial charge is 0.227 e. The maximum atomic E-state index is 5.62. The van der Waals surface area contributed by atoms with Gasteiger partial charge in [0.25, 0.3) is 0 Å². The Kier molecular flexibility index (Phi) is 4.72. The van der Waals surface area contributed by atoms with Crippen molar-refractivity contribution in [1.82, 2.24) is 15.3 Å². The van der Waals surface area contributed by atoms with Crippen LogP contribution in [0, 0.1) is 0 Å². The molecule has 0 atom stereocenters. The molecule has 0 aromatic carbocycles. The molecule has 0 bridgehead atoms. The second-order valence-corrected chi connectivity index (χ2v) is 4.32. The highest BCUT2D eigenvalue weighted by Gasteiger charge is 2.14. The fraction of sp³-hybridized carbons (Fsp3) is 0.667. The maximum absolute atomic E-state index is 5.62. The van der Waals surface area contributed by atoms with Crippen molar-refractivity contribution in [2.75, 3.05) is 55.6 Å². The molecule has 18 heavy (non-hydrogen) atoms. The number of anilines is 2. The summed E-state index contributed by atoms with van der Waals surface area (Å²) in [6, 6.07) is 1.95. The molecular weight excluding hydrogens is 228 g/mol. The van der Waals surface area contributed by atoms with Gasteiger partial charge in [-0.1, -0.05) is 0 Å². The van der Waals surface area contributed by atoms with Gasteiger partial charge in [-0.15, -0.1) is 0 Å². The van der Waals surface area contributed by atoms with Crippen LogP contribution in [0.5, 0.6) is 0 Å². The van der Waals surface area contributed by atoms with Crippen molar-refractivity contribution < 1.29 is 0 Å². The Hall–Kier alpha value is -1.40. The normalized spacial score (nSPS) is 15.8. The summed E-state index contributed by atoms with van der Waals surface area (Å²) >= 11 is 0. The lowest BCUT2D eigenvalue weighted by Gasteiger charge is -2.28. The fourth-order valence-corrected chi connectivity index (χ4v) is 2.12. The van der Waals surface area contributed by atoms with Gasteiger partial charge in [-0.3, -0.25) is 0 Å². The van der Waals surface area contributed by atoms with E-state index < -0.39 is 0 Å². The van der Waals surface area contributed by atoms with Crippen molar-refractivity contribution in [3.63, 3.8) is 0 Å². The van der Waals surface area contributed by atoms with Gasteiger partial charge in [-0.05, 0) is 13.0 Å². The van der Waals surface area contributed by atoms with Gasteiger partial charge in [0.1, 0.15) is 5.82 Å². The summed E-state index contributed by atoms with van der Waals surface area (Å²) in [5, 5.41) is 3.33. The van der Waals surface area contributed by atoms with E-state index in [1.54, 1.807) is 0 Å². The molecule has 2 heterocycles. The molecule has 1 saturated heterocycles. The average molecular weight is 250 g/mol. The van der Waals surface area contributed by atoms with Gasteiger partial charge in [0, 0.05) is 52.0 Å². The Balaban J connectivity index is 2.12. The molecule has 1 aliphatic rings. The zero-order chi connectivity index (χ0) is 12.8. The highest BCUT2D eigenvalue weighted by atomic mass is 15.3. The number of piperazine rings is 1. The lowest BCUT2D eigenvalue weighted by Crippen LogP contribution is -2.44. The van der Waals surface area contributed by atoms with Crippen molar-refractivity contribution in [2.24, 2.45) is 5.73 Å². The SMILES string of the molecule is CCN(CCN)c1ccnc(N2CCNCC2)n1. The molecule has 100 valence electrons. The third-order valence-electron chi connectivity index (χ3n) is 3.13. The number of rotatable bonds is 5. The topological polar surface area (TPSA) is 70.3 Å². The molecule has 1 fully saturated rings. The third-order valence-corrected chi connectivity index (χ3v) is 3.13. The van der Waals surface area contributed by atoms with Gasteiger partial charge in [0.2, 0.25) is 5.95 Å². The summed E-state index contributed by atoms with van der Waals surface area (Å²) in [5.74, 6) is 1.79. The highest BCUT2D eigenvalue weighted by molar-refractivity contribution is 5.43. The molecule has 1 aromatic rings. The number of hydrogen-bond acceptors (Lipinski definition) is 6. The minimum Gasteiger partial charge on any atom is -0.355 e. The van der Waals surface area contributed by atoms with E-state index in [2.05, 4.69) is 32.0 Å². The standard InChI is InChI=1S/C12H22N6/c1-2-17(8-4-13)11-3-5-15-12(16-11)18-9-6-14-7-10-18/h3,5,14H,2,4,6-10,13H2,1H3. The van der Waals surface area contributed by atoms with Gasteiger partial charge >= 0.3 is 0 Å². The van der Waals surface area contributed by atoms with Gasteiger partial charge in [-0.2, -0.15) is 4.98 Å². The van der Waals surface area contributed by atoms with E-state index in [1.165, 1.54) is 0 Å². The number of nitrogens with zero attached hydrogens (tertiary/aromatic N) is 4. The van der Waals surface area contributed by atoms with Crippen molar-refractivity contribution in [1.29, 1.82) is 0 Å². The van der Waals surface area contributed by atoms with Crippen LogP contribution in [0.15, 0.2) is 12.3 Å². The maximum Gasteiger partial charge on any atom is 0.227 e. The van der Waals surface area contributed by atoms with Crippen LogP contribution in [-0.4, -0.2) is 55.8 Å². The van der Waals surface area contributed by atoms with Crippen LogP contribution in [0.2, 0.25) is 0 Å². The van der Waals surface area contributed by atoms with Crippen LogP contribution >= 0.6 is 0 Å². The summed E-state index contributed by atoms with van der Waals surface area (Å²) < 4.78 is 0. The molecular formula is C12H22N6. The molecule has 1 aromatic heterocycles. The zero-order valence-corrected chi connectivity index (χ0v) is 11.0. The first-order chi connectivity index (χ1) is 8.85. The van der Waals surface area contributed by atoms with Crippen LogP contribution in [-0.2, 0) is 0 Å². The van der Waals surface area contributed by atoms with Crippen LogP contribution < -0.4 is 20.9 Å². The average Bonchev–Trinajstić information content (AvgIpc) is 2.46. The van der Waals surface area contributed by atoms with E-state index in [1.807, 2.05) is 12.3 Å². The summed E-state index contributed by atoms with van der Waals surface area (Å²) in [7, 11) is 0. The molecule has 6 heteroatoms. The molecule has 0 saturated carbocycles. The molecule has 0 unspecified atom stereocenters. The van der Waals surface area contributed by atoms with E-state index in [4.69, 9.17) is 5.73 Å². The van der Waals surface area contributed by atoms with Crippen molar-refractivity contribution >= 4 is 11.8 Å². The Morgan fingerprint density at radius 3 is 2.89 bits per heavy atom. The molecule has 2 rings (SSSR count). The predicted molar refractivity (Wildman–Crippen MR) is 74.1 cm³/mol. The Morgan fingerprint density at radius 1 is 1.44 bits per heavy atom. The number of nitrogens with one attached hydrogen (secondary N) is 1. The second-order valence-electron chi connectivity index (χ2n) is 4.32. The van der Waals surface area contributed by atoms with E-state index in [9.17, 15) is 0 Å². The van der Waals surface area contributed by atoms with Crippen LogP contribution in [0.4, 0.5) is 11.8 Å². The van der Waals surface area contributed by atoms with E-state index >= 15 is 0 Å². The van der Waals surface area contributed by atoms with Gasteiger partial charge < -0.3 is 20.9 Å². The molecule has 0 spiro atoms. The quantitative estimate of drug-likeness (QED) is 0.746. The number of hydrogen-bond donors (Lipinski definition) is 2. The molecule has 3 N–H and O–H groups in total. The van der Waals surface area contributed by atoms with Crippen molar-refractivity contribution in [3.05, 3.63) is 12.3 Å². The minimum atomic E-state index is 0.640. The molecule has 6 nitrogen and oxygen atoms in total. The van der Waals surface area contributed by atoms with Gasteiger partial charge in [0.05, 0.1) is 0 Å². The van der Waals surface area contributed by atoms with Gasteiger partial charge in [-0.25, -0.2) is 4.98 Å². The first kappa shape index (κ1) is 13.0. The lowest BCUT2D eigenvalue weighted by molar-refractivity contribution is 0.579. The summed E-state index contributed by atoms with van der Waals surface area (Å²) in [5.41, 5.74) is 5.62. The fourth-order valence-electron chi connectivity index (χ4n) is 2.12. The van der Waals surface area contributed by atoms with E-state index in [0.29, 0.717) is 6.54 Å². The second kappa shape index (κ2) is 6.51. The van der Waals surface area contributed by atoms with Crippen molar-refractivity contribution in [2.45, 2.75) is 6.92 Å². The van der Waals surface area contributed by atoms with Crippen LogP contribution in [0.3, 0.4) is 0 Å². The molecule has 1 aliphatic heterocycles. The minimum absolute atomic E-state index is 0.640. The first-order valence-corrected chi connectivity index (χ1v) is 6.59. The van der Waals surface area contributed by atoms with Gasteiger partial charge in [0.15, 0.2) is 0 Å². The summed E-state index contributed by atoms with van der Waals surface area (Å²) in [4.78, 5) is 13.4. The van der Waals surface area contributed by atoms with E-state index in [-0.39, 0.29) is 0 Å². The number of likely N-dealkylation sites (N-methyl/N-ethyl adjacent to an activating group) is 1. The Morgan fingerprint density at radius 2 is 2.22 bits per heavy atom. The van der Waals surface area contributed by atoms with Crippen molar-refractivity contribution in [3.8, 4) is 0 Å². The van der Waals surface area contributed by atoms with Crippen LogP contribution in [0.25, 0.3) is 0 Å². The summed E-state index contributed by atoms with van der Waals surface area (Å²) in [6.07, 6.45) is 1.83. The lowest BCUT2D eigenvalue weighted by atomic mass is 10.4. The zero-order valence-electron chi connectivity index (χ0n) is 11.0. The van der Waals surface area contributed by atoms with Crippen LogP contribution in [0.1, 0.15) is 6.92 Å². The number of aromatic nitrogens is 2. The molecule has 0 radical (unpaired) electrons. The summed E-state index contributed by atoms with van der Waals surface area (Å²) in [6.45, 7) is 8.41. The molecule has 0 amide bonds. The highest BCUT2D eigenvalue weighted by Crippen LogP contribution is 2.14. The predicted octanol–water partition coefficient (Wildman–Crippen LogP) is -0.329. The number of nitrogens with two attached hydrogens (primary N) is 1. The first-order valence-electron chi connectivity index (χ1n) is 6.59. The largest absolute Gasteiger partial charge is 0.355 e. The Bertz CT molecular complexity index is 343.